The molecule has 108 valence electrons. The number of hydrogen-bond acceptors (Lipinski definition) is 4. The van der Waals surface area contributed by atoms with Crippen LogP contribution in [0.1, 0.15) is 5.76 Å². The van der Waals surface area contributed by atoms with Gasteiger partial charge in [-0.1, -0.05) is 23.2 Å². The van der Waals surface area contributed by atoms with Crippen molar-refractivity contribution in [2.24, 2.45) is 0 Å². The molecule has 0 bridgehead atoms. The second-order valence-electron chi connectivity index (χ2n) is 4.01. The summed E-state index contributed by atoms with van der Waals surface area (Å²) < 4.78 is 31.9. The van der Waals surface area contributed by atoms with Crippen LogP contribution in [0, 0.1) is 0 Å². The van der Waals surface area contributed by atoms with E-state index in [1.54, 1.807) is 13.1 Å². The van der Waals surface area contributed by atoms with Gasteiger partial charge in [0.05, 0.1) is 12.2 Å². The van der Waals surface area contributed by atoms with E-state index in [1.807, 2.05) is 0 Å². The van der Waals surface area contributed by atoms with E-state index in [2.05, 4.69) is 10.0 Å². The van der Waals surface area contributed by atoms with Crippen LogP contribution in [0.4, 0.5) is 5.69 Å². The Bertz CT molecular complexity index is 693. The van der Waals surface area contributed by atoms with E-state index in [1.165, 1.54) is 24.3 Å². The van der Waals surface area contributed by atoms with Gasteiger partial charge in [0, 0.05) is 10.0 Å². The summed E-state index contributed by atoms with van der Waals surface area (Å²) in [5.74, 6) is 0.525. The Morgan fingerprint density at radius 3 is 2.40 bits per heavy atom. The summed E-state index contributed by atoms with van der Waals surface area (Å²) in [7, 11) is -2.07. The Morgan fingerprint density at radius 1 is 1.15 bits per heavy atom. The summed E-state index contributed by atoms with van der Waals surface area (Å²) in [5.41, 5.74) is 0.272. The van der Waals surface area contributed by atoms with E-state index in [-0.39, 0.29) is 10.8 Å². The number of sulfonamides is 1. The van der Waals surface area contributed by atoms with Crippen LogP contribution in [0.25, 0.3) is 0 Å². The second-order valence-corrected chi connectivity index (χ2v) is 6.50. The van der Waals surface area contributed by atoms with Gasteiger partial charge in [0.25, 0.3) is 10.0 Å². The fraction of sp³-hybridized carbons (Fsp3) is 0.167. The molecule has 0 saturated heterocycles. The number of anilines is 1. The molecule has 2 rings (SSSR count). The second kappa shape index (κ2) is 6.05. The van der Waals surface area contributed by atoms with Crippen LogP contribution in [0.5, 0.6) is 0 Å². The molecule has 0 amide bonds. The van der Waals surface area contributed by atoms with Crippen molar-refractivity contribution in [3.8, 4) is 0 Å². The summed E-state index contributed by atoms with van der Waals surface area (Å²) in [6.07, 6.45) is 0. The highest BCUT2D eigenvalue weighted by Gasteiger charge is 2.19. The maximum atomic E-state index is 12.1. The first-order valence-electron chi connectivity index (χ1n) is 5.63. The molecule has 1 aromatic heterocycles. The summed E-state index contributed by atoms with van der Waals surface area (Å²) in [6, 6.07) is 7.42. The summed E-state index contributed by atoms with van der Waals surface area (Å²) in [6.45, 7) is 0.443. The number of halogens is 2. The molecule has 0 aliphatic heterocycles. The molecular formula is C12H12Cl2N2O3S. The highest BCUT2D eigenvalue weighted by molar-refractivity contribution is 7.92. The molecule has 0 radical (unpaired) electrons. The van der Waals surface area contributed by atoms with E-state index >= 15 is 0 Å². The quantitative estimate of drug-likeness (QED) is 0.881. The molecular weight excluding hydrogens is 323 g/mol. The lowest BCUT2D eigenvalue weighted by molar-refractivity contribution is 0.408. The zero-order valence-electron chi connectivity index (χ0n) is 10.5. The standard InChI is InChI=1S/C12H12Cl2N2O3S/c1-15-7-11-2-3-12(19-11)20(17,18)16-10-5-8(13)4-9(14)6-10/h2-6,15-16H,7H2,1H3. The van der Waals surface area contributed by atoms with Gasteiger partial charge in [-0.2, -0.15) is 8.42 Å². The van der Waals surface area contributed by atoms with Crippen molar-refractivity contribution in [3.05, 3.63) is 46.1 Å². The van der Waals surface area contributed by atoms with Gasteiger partial charge < -0.3 is 9.73 Å². The molecule has 8 heteroatoms. The van der Waals surface area contributed by atoms with Crippen molar-refractivity contribution < 1.29 is 12.8 Å². The lowest BCUT2D eigenvalue weighted by Crippen LogP contribution is -2.12. The number of furan rings is 1. The molecule has 0 atom stereocenters. The molecule has 1 heterocycles. The highest BCUT2D eigenvalue weighted by atomic mass is 35.5. The first-order valence-corrected chi connectivity index (χ1v) is 7.87. The van der Waals surface area contributed by atoms with Gasteiger partial charge in [-0.05, 0) is 37.4 Å². The topological polar surface area (TPSA) is 71.3 Å². The smallest absolute Gasteiger partial charge is 0.295 e. The molecule has 2 N–H and O–H groups in total. The minimum Gasteiger partial charge on any atom is -0.446 e. The maximum absolute atomic E-state index is 12.1. The van der Waals surface area contributed by atoms with E-state index in [9.17, 15) is 8.42 Å². The Kier molecular flexibility index (Phi) is 4.59. The third-order valence-electron chi connectivity index (χ3n) is 2.37. The molecule has 5 nitrogen and oxygen atoms in total. The number of hydrogen-bond donors (Lipinski definition) is 2. The predicted molar refractivity (Wildman–Crippen MR) is 78.7 cm³/mol. The third kappa shape index (κ3) is 3.67. The molecule has 20 heavy (non-hydrogen) atoms. The van der Waals surface area contributed by atoms with Crippen LogP contribution in [0.3, 0.4) is 0 Å². The zero-order chi connectivity index (χ0) is 14.8. The van der Waals surface area contributed by atoms with E-state index < -0.39 is 10.0 Å². The van der Waals surface area contributed by atoms with Gasteiger partial charge in [-0.15, -0.1) is 0 Å². The van der Waals surface area contributed by atoms with Crippen LogP contribution in [0.15, 0.2) is 39.8 Å². The van der Waals surface area contributed by atoms with Crippen LogP contribution in [-0.4, -0.2) is 15.5 Å². The van der Waals surface area contributed by atoms with Crippen LogP contribution < -0.4 is 10.0 Å². The Hall–Kier alpha value is -1.21. The number of benzene rings is 1. The van der Waals surface area contributed by atoms with Crippen LogP contribution in [-0.2, 0) is 16.6 Å². The average molecular weight is 335 g/mol. The molecule has 0 fully saturated rings. The van der Waals surface area contributed by atoms with E-state index in [0.717, 1.165) is 0 Å². The number of nitrogens with one attached hydrogen (secondary N) is 2. The molecule has 0 aliphatic carbocycles. The van der Waals surface area contributed by atoms with Crippen LogP contribution >= 0.6 is 23.2 Å². The van der Waals surface area contributed by atoms with Gasteiger partial charge in [-0.3, -0.25) is 4.72 Å². The van der Waals surface area contributed by atoms with Crippen molar-refractivity contribution in [1.82, 2.24) is 5.32 Å². The van der Waals surface area contributed by atoms with Crippen molar-refractivity contribution in [2.45, 2.75) is 11.6 Å². The molecule has 0 unspecified atom stereocenters. The van der Waals surface area contributed by atoms with Gasteiger partial charge in [-0.25, -0.2) is 0 Å². The SMILES string of the molecule is CNCc1ccc(S(=O)(=O)Nc2cc(Cl)cc(Cl)c2)o1. The van der Waals surface area contributed by atoms with Gasteiger partial charge in [0.2, 0.25) is 5.09 Å². The molecule has 0 aliphatic rings. The van der Waals surface area contributed by atoms with E-state index in [4.69, 9.17) is 27.6 Å². The van der Waals surface area contributed by atoms with Crippen molar-refractivity contribution in [3.63, 3.8) is 0 Å². The minimum atomic E-state index is -3.81. The number of rotatable bonds is 5. The Balaban J connectivity index is 2.25. The lowest BCUT2D eigenvalue weighted by Gasteiger charge is -2.06. The fourth-order valence-corrected chi connectivity index (χ4v) is 3.11. The Morgan fingerprint density at radius 2 is 1.80 bits per heavy atom. The zero-order valence-corrected chi connectivity index (χ0v) is 12.8. The fourth-order valence-electron chi connectivity index (χ4n) is 1.59. The Labute approximate surface area is 126 Å². The van der Waals surface area contributed by atoms with Gasteiger partial charge in [0.1, 0.15) is 5.76 Å². The molecule has 0 saturated carbocycles. The summed E-state index contributed by atoms with van der Waals surface area (Å²) in [4.78, 5) is 0. The van der Waals surface area contributed by atoms with Gasteiger partial charge in [0.15, 0.2) is 0 Å². The van der Waals surface area contributed by atoms with Crippen LogP contribution in [0.2, 0.25) is 10.0 Å². The van der Waals surface area contributed by atoms with Crippen molar-refractivity contribution >= 4 is 38.9 Å². The summed E-state index contributed by atoms with van der Waals surface area (Å²) >= 11 is 11.6. The minimum absolute atomic E-state index is 0.168. The first kappa shape index (κ1) is 15.2. The largest absolute Gasteiger partial charge is 0.446 e. The molecule has 1 aromatic carbocycles. The normalized spacial score (nSPS) is 11.6. The van der Waals surface area contributed by atoms with Gasteiger partial charge >= 0.3 is 0 Å². The predicted octanol–water partition coefficient (Wildman–Crippen LogP) is 3.11. The molecule has 2 aromatic rings. The maximum Gasteiger partial charge on any atom is 0.295 e. The third-order valence-corrected chi connectivity index (χ3v) is 4.06. The lowest BCUT2D eigenvalue weighted by atomic mass is 10.3. The van der Waals surface area contributed by atoms with E-state index in [0.29, 0.717) is 22.4 Å². The summed E-state index contributed by atoms with van der Waals surface area (Å²) in [5, 5.41) is 3.38. The molecule has 0 spiro atoms. The van der Waals surface area contributed by atoms with Crippen molar-refractivity contribution in [2.75, 3.05) is 11.8 Å². The van der Waals surface area contributed by atoms with Crippen molar-refractivity contribution in [1.29, 1.82) is 0 Å². The monoisotopic (exact) mass is 334 g/mol. The average Bonchev–Trinajstić information content (AvgIpc) is 2.76. The first-order chi connectivity index (χ1) is 9.40. The highest BCUT2D eigenvalue weighted by Crippen LogP contribution is 2.25.